The van der Waals surface area contributed by atoms with Crippen molar-refractivity contribution in [2.75, 3.05) is 13.2 Å². The number of rotatable bonds is 10. The maximum atomic E-state index is 13.5. The van der Waals surface area contributed by atoms with E-state index in [1.54, 1.807) is 49.9 Å². The van der Waals surface area contributed by atoms with Gasteiger partial charge in [-0.2, -0.15) is 0 Å². The van der Waals surface area contributed by atoms with Gasteiger partial charge in [0, 0.05) is 12.6 Å². The Balaban J connectivity index is 2.16. The highest BCUT2D eigenvalue weighted by atomic mass is 16.6. The standard InChI is InChI=1S/C27H41N3O6/c1-17(2)15-20(26(34)30-14-10-12-21(30)25(33)28-18(3)4)29-24(32)19-11-8-9-13-22(19)35-16-23(31)36-27(5,6)7/h8-9,11,13,17-18,20-21H,10,12,14-16H2,1-7H3,(H,28,33)(H,29,32)/t20-,21+/m0/s1. The molecule has 3 amide bonds. The van der Waals surface area contributed by atoms with E-state index in [4.69, 9.17) is 9.47 Å². The fourth-order valence-electron chi connectivity index (χ4n) is 4.10. The first-order chi connectivity index (χ1) is 16.8. The van der Waals surface area contributed by atoms with Crippen LogP contribution in [0.3, 0.4) is 0 Å². The summed E-state index contributed by atoms with van der Waals surface area (Å²) < 4.78 is 10.9. The van der Waals surface area contributed by atoms with E-state index in [0.29, 0.717) is 19.4 Å². The predicted molar refractivity (Wildman–Crippen MR) is 137 cm³/mol. The molecule has 0 unspecified atom stereocenters. The van der Waals surface area contributed by atoms with E-state index in [2.05, 4.69) is 10.6 Å². The van der Waals surface area contributed by atoms with Crippen LogP contribution in [0.1, 0.15) is 78.1 Å². The molecule has 0 saturated carbocycles. The molecule has 36 heavy (non-hydrogen) atoms. The zero-order chi connectivity index (χ0) is 27.0. The topological polar surface area (TPSA) is 114 Å². The van der Waals surface area contributed by atoms with Gasteiger partial charge < -0.3 is 25.0 Å². The molecular formula is C27H41N3O6. The molecule has 0 bridgehead atoms. The number of amides is 3. The molecule has 1 aromatic carbocycles. The van der Waals surface area contributed by atoms with Gasteiger partial charge in [0.05, 0.1) is 5.56 Å². The quantitative estimate of drug-likeness (QED) is 0.475. The van der Waals surface area contributed by atoms with E-state index in [0.717, 1.165) is 6.42 Å². The number of esters is 1. The lowest BCUT2D eigenvalue weighted by Gasteiger charge is -2.30. The minimum Gasteiger partial charge on any atom is -0.481 e. The zero-order valence-electron chi connectivity index (χ0n) is 22.6. The van der Waals surface area contributed by atoms with Gasteiger partial charge in [-0.1, -0.05) is 26.0 Å². The Kier molecular flexibility index (Phi) is 10.3. The van der Waals surface area contributed by atoms with Crippen molar-refractivity contribution in [1.82, 2.24) is 15.5 Å². The van der Waals surface area contributed by atoms with Gasteiger partial charge in [-0.15, -0.1) is 0 Å². The molecule has 0 radical (unpaired) electrons. The molecule has 200 valence electrons. The molecular weight excluding hydrogens is 462 g/mol. The van der Waals surface area contributed by atoms with Crippen molar-refractivity contribution < 1.29 is 28.7 Å². The van der Waals surface area contributed by atoms with Crippen LogP contribution in [0.4, 0.5) is 0 Å². The minimum atomic E-state index is -0.802. The number of ether oxygens (including phenoxy) is 2. The van der Waals surface area contributed by atoms with Crippen molar-refractivity contribution in [2.24, 2.45) is 5.92 Å². The maximum Gasteiger partial charge on any atom is 0.344 e. The molecule has 0 aromatic heterocycles. The van der Waals surface area contributed by atoms with E-state index in [1.807, 2.05) is 27.7 Å². The molecule has 1 aliphatic rings. The largest absolute Gasteiger partial charge is 0.481 e. The molecule has 2 rings (SSSR count). The first-order valence-electron chi connectivity index (χ1n) is 12.6. The minimum absolute atomic E-state index is 0.0293. The lowest BCUT2D eigenvalue weighted by molar-refractivity contribution is -0.157. The second-order valence-electron chi connectivity index (χ2n) is 10.9. The van der Waals surface area contributed by atoms with Crippen molar-refractivity contribution in [1.29, 1.82) is 0 Å². The van der Waals surface area contributed by atoms with E-state index in [1.165, 1.54) is 0 Å². The summed E-state index contributed by atoms with van der Waals surface area (Å²) in [6.07, 6.45) is 1.74. The predicted octanol–water partition coefficient (Wildman–Crippen LogP) is 3.07. The highest BCUT2D eigenvalue weighted by molar-refractivity contribution is 6.00. The molecule has 2 N–H and O–H groups in total. The Morgan fingerprint density at radius 3 is 2.33 bits per heavy atom. The monoisotopic (exact) mass is 503 g/mol. The van der Waals surface area contributed by atoms with Gasteiger partial charge in [0.25, 0.3) is 5.91 Å². The molecule has 1 saturated heterocycles. The number of para-hydroxylation sites is 1. The average Bonchev–Trinajstić information content (AvgIpc) is 3.25. The number of carbonyl (C=O) groups excluding carboxylic acids is 4. The van der Waals surface area contributed by atoms with E-state index < -0.39 is 29.6 Å². The Morgan fingerprint density at radius 2 is 1.72 bits per heavy atom. The molecule has 0 spiro atoms. The van der Waals surface area contributed by atoms with Crippen molar-refractivity contribution in [2.45, 2.75) is 91.5 Å². The van der Waals surface area contributed by atoms with Crippen LogP contribution < -0.4 is 15.4 Å². The average molecular weight is 504 g/mol. The van der Waals surface area contributed by atoms with Gasteiger partial charge >= 0.3 is 5.97 Å². The molecule has 1 aromatic rings. The highest BCUT2D eigenvalue weighted by Crippen LogP contribution is 2.22. The Labute approximate surface area is 214 Å². The zero-order valence-corrected chi connectivity index (χ0v) is 22.6. The number of nitrogens with one attached hydrogen (secondary N) is 2. The third-order valence-electron chi connectivity index (χ3n) is 5.48. The summed E-state index contributed by atoms with van der Waals surface area (Å²) in [6.45, 7) is 13.1. The molecule has 2 atom stereocenters. The molecule has 1 fully saturated rings. The van der Waals surface area contributed by atoms with Gasteiger partial charge in [-0.3, -0.25) is 14.4 Å². The van der Waals surface area contributed by atoms with Crippen molar-refractivity contribution in [3.63, 3.8) is 0 Å². The van der Waals surface area contributed by atoms with Gasteiger partial charge in [0.15, 0.2) is 6.61 Å². The lowest BCUT2D eigenvalue weighted by Crippen LogP contribution is -2.54. The second-order valence-corrected chi connectivity index (χ2v) is 10.9. The first kappa shape index (κ1) is 29.1. The van der Waals surface area contributed by atoms with Crippen LogP contribution in [0.25, 0.3) is 0 Å². The van der Waals surface area contributed by atoms with Gasteiger partial charge in [-0.25, -0.2) is 4.79 Å². The van der Waals surface area contributed by atoms with Crippen LogP contribution in [-0.4, -0.2) is 65.5 Å². The number of hydrogen-bond acceptors (Lipinski definition) is 6. The summed E-state index contributed by atoms with van der Waals surface area (Å²) in [4.78, 5) is 53.1. The molecule has 0 aliphatic carbocycles. The Bertz CT molecular complexity index is 938. The smallest absolute Gasteiger partial charge is 0.344 e. The summed E-state index contributed by atoms with van der Waals surface area (Å²) in [7, 11) is 0. The van der Waals surface area contributed by atoms with Crippen LogP contribution >= 0.6 is 0 Å². The third-order valence-corrected chi connectivity index (χ3v) is 5.48. The summed E-state index contributed by atoms with van der Waals surface area (Å²) in [5, 5.41) is 5.74. The maximum absolute atomic E-state index is 13.5. The number of likely N-dealkylation sites (tertiary alicyclic amines) is 1. The van der Waals surface area contributed by atoms with Crippen LogP contribution in [-0.2, 0) is 19.1 Å². The summed E-state index contributed by atoms with van der Waals surface area (Å²) in [5.41, 5.74) is -0.445. The van der Waals surface area contributed by atoms with Crippen LogP contribution in [0.2, 0.25) is 0 Å². The SMILES string of the molecule is CC(C)C[C@H](NC(=O)c1ccccc1OCC(=O)OC(C)(C)C)C(=O)N1CCC[C@@H]1C(=O)NC(C)C. The molecule has 1 heterocycles. The molecule has 1 aliphatic heterocycles. The fraction of sp³-hybridized carbons (Fsp3) is 0.630. The third kappa shape index (κ3) is 8.84. The Morgan fingerprint density at radius 1 is 1.06 bits per heavy atom. The van der Waals surface area contributed by atoms with Crippen LogP contribution in [0.5, 0.6) is 5.75 Å². The van der Waals surface area contributed by atoms with E-state index >= 15 is 0 Å². The normalized spacial score (nSPS) is 16.6. The summed E-state index contributed by atoms with van der Waals surface area (Å²) in [6, 6.07) is 5.16. The van der Waals surface area contributed by atoms with Gasteiger partial charge in [0.2, 0.25) is 11.8 Å². The number of hydrogen-bond donors (Lipinski definition) is 2. The van der Waals surface area contributed by atoms with Crippen molar-refractivity contribution in [3.8, 4) is 5.75 Å². The van der Waals surface area contributed by atoms with E-state index in [9.17, 15) is 19.2 Å². The second kappa shape index (κ2) is 12.7. The Hall–Kier alpha value is -3.10. The van der Waals surface area contributed by atoms with Crippen LogP contribution in [0.15, 0.2) is 24.3 Å². The summed E-state index contributed by atoms with van der Waals surface area (Å²) >= 11 is 0. The summed E-state index contributed by atoms with van der Waals surface area (Å²) in [5.74, 6) is -1.14. The fourth-order valence-corrected chi connectivity index (χ4v) is 4.10. The first-order valence-corrected chi connectivity index (χ1v) is 12.6. The van der Waals surface area contributed by atoms with Crippen molar-refractivity contribution >= 4 is 23.7 Å². The lowest BCUT2D eigenvalue weighted by atomic mass is 10.0. The van der Waals surface area contributed by atoms with Crippen molar-refractivity contribution in [3.05, 3.63) is 29.8 Å². The number of carbonyl (C=O) groups is 4. The molecule has 9 heteroatoms. The van der Waals surface area contributed by atoms with E-state index in [-0.39, 0.29) is 41.7 Å². The van der Waals surface area contributed by atoms with Crippen LogP contribution in [0, 0.1) is 5.92 Å². The number of benzene rings is 1. The number of nitrogens with zero attached hydrogens (tertiary/aromatic N) is 1. The molecule has 9 nitrogen and oxygen atoms in total. The highest BCUT2D eigenvalue weighted by Gasteiger charge is 2.38. The van der Waals surface area contributed by atoms with Gasteiger partial charge in [-0.05, 0) is 71.9 Å². The van der Waals surface area contributed by atoms with Gasteiger partial charge in [0.1, 0.15) is 23.4 Å².